The molecule has 0 amide bonds. The number of ether oxygens (including phenoxy) is 1. The van der Waals surface area contributed by atoms with Crippen molar-refractivity contribution in [2.45, 2.75) is 65.3 Å². The number of likely N-dealkylation sites (tertiary alicyclic amines) is 1. The highest BCUT2D eigenvalue weighted by Gasteiger charge is 2.38. The van der Waals surface area contributed by atoms with Gasteiger partial charge in [0.15, 0.2) is 5.78 Å². The first-order valence-electron chi connectivity index (χ1n) is 15.2. The molecule has 8 heteroatoms. The monoisotopic (exact) mass is 640 g/mol. The van der Waals surface area contributed by atoms with Gasteiger partial charge in [-0.2, -0.15) is 0 Å². The standard InChI is InChI=1S/C34H48N4O3.BrH/c1-6-11-27-22-38(33(35)32(27)26-12-9-8-10-13-26)23-30(39)28-18-25(19-29(20-28)34(3,4)5)21-36-14-16-37(17-15-36)24-31(40)41-7-2;/h8-10,12-13,18-20,27,32,35H,6-7,11,14-17,21-24H2,1-5H3;1H/t27-,32+;/m0./s1. The van der Waals surface area contributed by atoms with E-state index in [1.54, 1.807) is 0 Å². The lowest BCUT2D eigenvalue weighted by Crippen LogP contribution is -2.47. The minimum Gasteiger partial charge on any atom is -0.465 e. The van der Waals surface area contributed by atoms with Crippen molar-refractivity contribution in [2.24, 2.45) is 5.92 Å². The molecule has 230 valence electrons. The van der Waals surface area contributed by atoms with Gasteiger partial charge in [0.1, 0.15) is 5.84 Å². The Bertz CT molecular complexity index is 1210. The smallest absolute Gasteiger partial charge is 0.320 e. The summed E-state index contributed by atoms with van der Waals surface area (Å²) < 4.78 is 5.11. The van der Waals surface area contributed by atoms with Crippen LogP contribution in [-0.4, -0.2) is 84.7 Å². The molecular weight excluding hydrogens is 592 g/mol. The average molecular weight is 642 g/mol. The lowest BCUT2D eigenvalue weighted by molar-refractivity contribution is -0.144. The Hall–Kier alpha value is -2.55. The molecule has 2 atom stereocenters. The lowest BCUT2D eigenvalue weighted by atomic mass is 9.84. The van der Waals surface area contributed by atoms with Crippen molar-refractivity contribution < 1.29 is 14.3 Å². The molecule has 2 aromatic rings. The van der Waals surface area contributed by atoms with E-state index in [-0.39, 0.29) is 46.6 Å². The first-order chi connectivity index (χ1) is 19.6. The van der Waals surface area contributed by atoms with Gasteiger partial charge in [0.25, 0.3) is 0 Å². The summed E-state index contributed by atoms with van der Waals surface area (Å²) in [7, 11) is 0. The molecule has 0 unspecified atom stereocenters. The fraction of sp³-hybridized carbons (Fsp3) is 0.559. The fourth-order valence-corrected chi connectivity index (χ4v) is 6.17. The molecule has 2 saturated heterocycles. The number of Topliss-reactive ketones (excluding diaryl/α,β-unsaturated/α-hetero) is 1. The van der Waals surface area contributed by atoms with E-state index in [1.807, 2.05) is 30.0 Å². The number of halogens is 1. The number of nitrogens with one attached hydrogen (secondary N) is 1. The highest BCUT2D eigenvalue weighted by Crippen LogP contribution is 2.37. The van der Waals surface area contributed by atoms with Crippen LogP contribution < -0.4 is 0 Å². The normalized spacial score (nSPS) is 19.9. The van der Waals surface area contributed by atoms with Crippen molar-refractivity contribution in [3.05, 3.63) is 70.8 Å². The van der Waals surface area contributed by atoms with Crippen LogP contribution in [0.4, 0.5) is 0 Å². The van der Waals surface area contributed by atoms with Gasteiger partial charge in [0.05, 0.1) is 19.7 Å². The third-order valence-corrected chi connectivity index (χ3v) is 8.42. The van der Waals surface area contributed by atoms with Crippen LogP contribution in [0.1, 0.15) is 80.4 Å². The molecule has 2 heterocycles. The Morgan fingerprint density at radius 2 is 1.62 bits per heavy atom. The minimum atomic E-state index is -0.163. The van der Waals surface area contributed by atoms with Gasteiger partial charge in [-0.25, -0.2) is 0 Å². The van der Waals surface area contributed by atoms with Gasteiger partial charge in [0, 0.05) is 50.7 Å². The Kier molecular flexibility index (Phi) is 12.3. The highest BCUT2D eigenvalue weighted by molar-refractivity contribution is 8.93. The molecule has 2 aliphatic heterocycles. The van der Waals surface area contributed by atoms with E-state index in [0.717, 1.165) is 68.8 Å². The average Bonchev–Trinajstić information content (AvgIpc) is 3.24. The number of carbonyl (C=O) groups excluding carboxylic acids is 2. The van der Waals surface area contributed by atoms with Gasteiger partial charge in [0.2, 0.25) is 0 Å². The first kappa shape index (κ1) is 33.9. The number of rotatable bonds is 11. The van der Waals surface area contributed by atoms with Gasteiger partial charge >= 0.3 is 5.97 Å². The molecule has 42 heavy (non-hydrogen) atoms. The molecule has 0 radical (unpaired) electrons. The topological polar surface area (TPSA) is 76.9 Å². The summed E-state index contributed by atoms with van der Waals surface area (Å²) in [4.78, 5) is 32.2. The second-order valence-corrected chi connectivity index (χ2v) is 12.7. The van der Waals surface area contributed by atoms with E-state index in [2.05, 4.69) is 67.8 Å². The molecule has 0 aliphatic carbocycles. The van der Waals surface area contributed by atoms with Crippen LogP contribution in [-0.2, 0) is 21.5 Å². The summed E-state index contributed by atoms with van der Waals surface area (Å²) in [5.41, 5.74) is 4.11. The predicted octanol–water partition coefficient (Wildman–Crippen LogP) is 5.92. The predicted molar refractivity (Wildman–Crippen MR) is 175 cm³/mol. The molecule has 0 spiro atoms. The SMILES string of the molecule is Br.CCC[C@H]1CN(CC(=O)c2cc(CN3CCN(CC(=O)OCC)CC3)cc(C(C)(C)C)c2)C(=N)[C@@H]1c1ccccc1. The zero-order chi connectivity index (χ0) is 29.6. The van der Waals surface area contributed by atoms with Gasteiger partial charge < -0.3 is 9.64 Å². The van der Waals surface area contributed by atoms with Gasteiger partial charge in [-0.15, -0.1) is 17.0 Å². The molecule has 2 fully saturated rings. The largest absolute Gasteiger partial charge is 0.465 e. The zero-order valence-electron chi connectivity index (χ0n) is 26.0. The number of benzene rings is 2. The van der Waals surface area contributed by atoms with Crippen LogP contribution >= 0.6 is 17.0 Å². The number of hydrogen-bond acceptors (Lipinski definition) is 6. The molecular formula is C34H49BrN4O3. The van der Waals surface area contributed by atoms with Crippen LogP contribution in [0.15, 0.2) is 48.5 Å². The van der Waals surface area contributed by atoms with Crippen LogP contribution in [0, 0.1) is 11.3 Å². The van der Waals surface area contributed by atoms with E-state index in [4.69, 9.17) is 10.1 Å². The number of ketones is 1. The maximum atomic E-state index is 13.8. The summed E-state index contributed by atoms with van der Waals surface area (Å²) in [5.74, 6) is 0.870. The molecule has 0 saturated carbocycles. The Labute approximate surface area is 262 Å². The van der Waals surface area contributed by atoms with Crippen molar-refractivity contribution in [1.82, 2.24) is 14.7 Å². The lowest BCUT2D eigenvalue weighted by Gasteiger charge is -2.34. The molecule has 2 aromatic carbocycles. The van der Waals surface area contributed by atoms with Crippen molar-refractivity contribution in [1.29, 1.82) is 5.41 Å². The number of carbonyl (C=O) groups is 2. The van der Waals surface area contributed by atoms with Crippen LogP contribution in [0.25, 0.3) is 0 Å². The zero-order valence-corrected chi connectivity index (χ0v) is 27.7. The maximum absolute atomic E-state index is 13.8. The molecule has 0 bridgehead atoms. The molecule has 1 N–H and O–H groups in total. The Morgan fingerprint density at radius 1 is 0.952 bits per heavy atom. The van der Waals surface area contributed by atoms with E-state index in [9.17, 15) is 9.59 Å². The molecule has 4 rings (SSSR count). The molecule has 2 aliphatic rings. The third kappa shape index (κ3) is 8.74. The van der Waals surface area contributed by atoms with Crippen molar-refractivity contribution in [3.63, 3.8) is 0 Å². The van der Waals surface area contributed by atoms with Crippen LogP contribution in [0.5, 0.6) is 0 Å². The third-order valence-electron chi connectivity index (χ3n) is 8.42. The second kappa shape index (κ2) is 15.3. The minimum absolute atomic E-state index is 0. The van der Waals surface area contributed by atoms with Crippen LogP contribution in [0.3, 0.4) is 0 Å². The molecule has 7 nitrogen and oxygen atoms in total. The maximum Gasteiger partial charge on any atom is 0.320 e. The van der Waals surface area contributed by atoms with E-state index in [0.29, 0.717) is 24.9 Å². The Morgan fingerprint density at radius 3 is 2.24 bits per heavy atom. The quantitative estimate of drug-likeness (QED) is 0.243. The van der Waals surface area contributed by atoms with Gasteiger partial charge in [-0.1, -0.05) is 70.5 Å². The van der Waals surface area contributed by atoms with Gasteiger partial charge in [-0.05, 0) is 53.5 Å². The molecule has 0 aromatic heterocycles. The van der Waals surface area contributed by atoms with E-state index < -0.39 is 0 Å². The number of piperazine rings is 1. The van der Waals surface area contributed by atoms with Crippen molar-refractivity contribution in [2.75, 3.05) is 52.4 Å². The number of hydrogen-bond donors (Lipinski definition) is 1. The van der Waals surface area contributed by atoms with E-state index in [1.165, 1.54) is 5.56 Å². The Balaban J connectivity index is 0.00000484. The second-order valence-electron chi connectivity index (χ2n) is 12.7. The first-order valence-corrected chi connectivity index (χ1v) is 15.2. The van der Waals surface area contributed by atoms with Crippen LogP contribution in [0.2, 0.25) is 0 Å². The summed E-state index contributed by atoms with van der Waals surface area (Å²) in [6.07, 6.45) is 2.11. The summed E-state index contributed by atoms with van der Waals surface area (Å²) >= 11 is 0. The highest BCUT2D eigenvalue weighted by atomic mass is 79.9. The van der Waals surface area contributed by atoms with Crippen molar-refractivity contribution >= 4 is 34.6 Å². The number of amidine groups is 1. The van der Waals surface area contributed by atoms with E-state index >= 15 is 0 Å². The number of esters is 1. The summed E-state index contributed by atoms with van der Waals surface area (Å²) in [6.45, 7) is 16.5. The summed E-state index contributed by atoms with van der Waals surface area (Å²) in [5, 5.41) is 9.04. The number of nitrogens with zero attached hydrogens (tertiary/aromatic N) is 3. The fourth-order valence-electron chi connectivity index (χ4n) is 6.17. The summed E-state index contributed by atoms with van der Waals surface area (Å²) in [6, 6.07) is 16.7. The van der Waals surface area contributed by atoms with Gasteiger partial charge in [-0.3, -0.25) is 24.8 Å². The van der Waals surface area contributed by atoms with Crippen molar-refractivity contribution in [3.8, 4) is 0 Å².